The molecule has 1 aliphatic rings. The number of benzene rings is 1. The van der Waals surface area contributed by atoms with Gasteiger partial charge in [-0.05, 0) is 13.1 Å². The second-order valence-electron chi connectivity index (χ2n) is 4.90. The highest BCUT2D eigenvalue weighted by atomic mass is 16.5. The zero-order valence-corrected chi connectivity index (χ0v) is 10.8. The largest absolute Gasteiger partial charge is 0.493 e. The molecule has 0 aromatic heterocycles. The molecule has 1 heterocycles. The molecule has 0 amide bonds. The molecule has 0 saturated heterocycles. The molecule has 0 bridgehead atoms. The first-order valence-corrected chi connectivity index (χ1v) is 6.23. The standard InChI is InChI=1S/C14H19NO3/c1-10-9-18-12-6-4-3-5-11(12)14(10)15(2)8-7-13(16)17/h3-6,10,14H,7-9H2,1-2H3,(H,16,17). The van der Waals surface area contributed by atoms with Gasteiger partial charge in [0.2, 0.25) is 0 Å². The van der Waals surface area contributed by atoms with Gasteiger partial charge in [-0.1, -0.05) is 25.1 Å². The first-order chi connectivity index (χ1) is 8.59. The van der Waals surface area contributed by atoms with Crippen LogP contribution in [-0.2, 0) is 4.79 Å². The lowest BCUT2D eigenvalue weighted by Gasteiger charge is -2.37. The molecule has 1 N–H and O–H groups in total. The number of rotatable bonds is 4. The number of ether oxygens (including phenoxy) is 1. The van der Waals surface area contributed by atoms with E-state index in [2.05, 4.69) is 17.9 Å². The summed E-state index contributed by atoms with van der Waals surface area (Å²) in [5.74, 6) is 0.524. The van der Waals surface area contributed by atoms with Crippen LogP contribution in [0.1, 0.15) is 24.9 Å². The van der Waals surface area contributed by atoms with E-state index < -0.39 is 5.97 Å². The van der Waals surface area contributed by atoms with Crippen molar-refractivity contribution in [1.29, 1.82) is 0 Å². The van der Waals surface area contributed by atoms with Gasteiger partial charge in [-0.2, -0.15) is 0 Å². The predicted octanol–water partition coefficient (Wildman–Crippen LogP) is 2.16. The minimum absolute atomic E-state index is 0.169. The van der Waals surface area contributed by atoms with E-state index in [9.17, 15) is 4.79 Å². The van der Waals surface area contributed by atoms with Crippen LogP contribution in [0, 0.1) is 5.92 Å². The topological polar surface area (TPSA) is 49.8 Å². The van der Waals surface area contributed by atoms with Crippen molar-refractivity contribution in [2.45, 2.75) is 19.4 Å². The average molecular weight is 249 g/mol. The van der Waals surface area contributed by atoms with Crippen molar-refractivity contribution in [2.24, 2.45) is 5.92 Å². The van der Waals surface area contributed by atoms with E-state index in [1.807, 2.05) is 25.2 Å². The molecule has 0 saturated carbocycles. The van der Waals surface area contributed by atoms with Crippen molar-refractivity contribution in [1.82, 2.24) is 4.90 Å². The number of para-hydroxylation sites is 1. The fraction of sp³-hybridized carbons (Fsp3) is 0.500. The summed E-state index contributed by atoms with van der Waals surface area (Å²) in [5.41, 5.74) is 1.16. The summed E-state index contributed by atoms with van der Waals surface area (Å²) in [6.07, 6.45) is 0.169. The van der Waals surface area contributed by atoms with E-state index in [0.717, 1.165) is 11.3 Å². The van der Waals surface area contributed by atoms with Crippen LogP contribution < -0.4 is 4.74 Å². The molecule has 18 heavy (non-hydrogen) atoms. The Morgan fingerprint density at radius 3 is 2.94 bits per heavy atom. The molecule has 1 aromatic rings. The van der Waals surface area contributed by atoms with Crippen molar-refractivity contribution in [3.05, 3.63) is 29.8 Å². The lowest BCUT2D eigenvalue weighted by molar-refractivity contribution is -0.137. The van der Waals surface area contributed by atoms with Gasteiger partial charge in [0.15, 0.2) is 0 Å². The van der Waals surface area contributed by atoms with E-state index in [1.54, 1.807) is 0 Å². The van der Waals surface area contributed by atoms with Gasteiger partial charge in [0, 0.05) is 24.1 Å². The van der Waals surface area contributed by atoms with Crippen LogP contribution in [0.3, 0.4) is 0 Å². The van der Waals surface area contributed by atoms with Gasteiger partial charge in [0.25, 0.3) is 0 Å². The van der Waals surface area contributed by atoms with Gasteiger partial charge in [0.05, 0.1) is 13.0 Å². The van der Waals surface area contributed by atoms with Crippen molar-refractivity contribution in [2.75, 3.05) is 20.2 Å². The second-order valence-corrected chi connectivity index (χ2v) is 4.90. The van der Waals surface area contributed by atoms with Crippen LogP contribution in [0.25, 0.3) is 0 Å². The minimum atomic E-state index is -0.755. The zero-order chi connectivity index (χ0) is 13.1. The summed E-state index contributed by atoms with van der Waals surface area (Å²) in [4.78, 5) is 12.8. The number of carbonyl (C=O) groups is 1. The quantitative estimate of drug-likeness (QED) is 0.888. The summed E-state index contributed by atoms with van der Waals surface area (Å²) < 4.78 is 5.70. The van der Waals surface area contributed by atoms with Gasteiger partial charge < -0.3 is 9.84 Å². The summed E-state index contributed by atoms with van der Waals surface area (Å²) in [5, 5.41) is 8.77. The molecule has 2 atom stereocenters. The van der Waals surface area contributed by atoms with Crippen LogP contribution in [0.5, 0.6) is 5.75 Å². The molecule has 4 heteroatoms. The molecule has 1 aliphatic heterocycles. The Kier molecular flexibility index (Phi) is 3.87. The maximum Gasteiger partial charge on any atom is 0.304 e. The van der Waals surface area contributed by atoms with Crippen molar-refractivity contribution in [3.8, 4) is 5.75 Å². The van der Waals surface area contributed by atoms with Gasteiger partial charge in [-0.25, -0.2) is 0 Å². The molecule has 4 nitrogen and oxygen atoms in total. The normalized spacial score (nSPS) is 22.4. The molecule has 2 unspecified atom stereocenters. The van der Waals surface area contributed by atoms with Crippen LogP contribution in [0.2, 0.25) is 0 Å². The van der Waals surface area contributed by atoms with Crippen LogP contribution >= 0.6 is 0 Å². The Hall–Kier alpha value is -1.55. The van der Waals surface area contributed by atoms with Gasteiger partial charge in [-0.3, -0.25) is 9.69 Å². The van der Waals surface area contributed by atoms with Crippen LogP contribution in [0.4, 0.5) is 0 Å². The zero-order valence-electron chi connectivity index (χ0n) is 10.8. The van der Waals surface area contributed by atoms with Crippen molar-refractivity contribution >= 4 is 5.97 Å². The monoisotopic (exact) mass is 249 g/mol. The predicted molar refractivity (Wildman–Crippen MR) is 68.7 cm³/mol. The SMILES string of the molecule is CC1COc2ccccc2C1N(C)CCC(=O)O. The Morgan fingerprint density at radius 2 is 2.22 bits per heavy atom. The number of hydrogen-bond acceptors (Lipinski definition) is 3. The molecule has 0 fully saturated rings. The first kappa shape index (κ1) is 12.9. The van der Waals surface area contributed by atoms with E-state index in [-0.39, 0.29) is 12.5 Å². The van der Waals surface area contributed by atoms with Crippen LogP contribution in [-0.4, -0.2) is 36.2 Å². The summed E-state index contributed by atoms with van der Waals surface area (Å²) in [6, 6.07) is 8.22. The van der Waals surface area contributed by atoms with Crippen LogP contribution in [0.15, 0.2) is 24.3 Å². The number of fused-ring (bicyclic) bond motifs is 1. The lowest BCUT2D eigenvalue weighted by Crippen LogP contribution is -2.36. The highest BCUT2D eigenvalue weighted by Crippen LogP contribution is 2.38. The highest BCUT2D eigenvalue weighted by Gasteiger charge is 2.30. The third kappa shape index (κ3) is 2.64. The Bertz CT molecular complexity index is 433. The van der Waals surface area contributed by atoms with E-state index in [1.165, 1.54) is 0 Å². The van der Waals surface area contributed by atoms with Gasteiger partial charge >= 0.3 is 5.97 Å². The molecule has 0 radical (unpaired) electrons. The van der Waals surface area contributed by atoms with Gasteiger partial charge in [0.1, 0.15) is 5.75 Å². The minimum Gasteiger partial charge on any atom is -0.493 e. The fourth-order valence-corrected chi connectivity index (χ4v) is 2.56. The number of aliphatic carboxylic acids is 1. The molecular formula is C14H19NO3. The van der Waals surface area contributed by atoms with E-state index >= 15 is 0 Å². The fourth-order valence-electron chi connectivity index (χ4n) is 2.56. The average Bonchev–Trinajstić information content (AvgIpc) is 2.36. The molecule has 98 valence electrons. The maximum absolute atomic E-state index is 10.7. The Labute approximate surface area is 107 Å². The second kappa shape index (κ2) is 5.40. The smallest absolute Gasteiger partial charge is 0.304 e. The number of hydrogen-bond donors (Lipinski definition) is 1. The summed E-state index contributed by atoms with van der Waals surface area (Å²) >= 11 is 0. The molecule has 0 spiro atoms. The van der Waals surface area contributed by atoms with Crippen molar-refractivity contribution in [3.63, 3.8) is 0 Å². The number of carboxylic acids is 1. The third-order valence-electron chi connectivity index (χ3n) is 3.43. The maximum atomic E-state index is 10.7. The summed E-state index contributed by atoms with van der Waals surface area (Å²) in [6.45, 7) is 3.37. The Morgan fingerprint density at radius 1 is 1.50 bits per heavy atom. The van der Waals surface area contributed by atoms with E-state index in [4.69, 9.17) is 9.84 Å². The van der Waals surface area contributed by atoms with Crippen molar-refractivity contribution < 1.29 is 14.6 Å². The third-order valence-corrected chi connectivity index (χ3v) is 3.43. The highest BCUT2D eigenvalue weighted by molar-refractivity contribution is 5.66. The lowest BCUT2D eigenvalue weighted by atomic mass is 9.91. The van der Waals surface area contributed by atoms with E-state index in [0.29, 0.717) is 19.1 Å². The number of carboxylic acid groups (broad SMARTS) is 1. The molecular weight excluding hydrogens is 230 g/mol. The number of nitrogens with zero attached hydrogens (tertiary/aromatic N) is 1. The Balaban J connectivity index is 2.18. The molecule has 2 rings (SSSR count). The molecule has 0 aliphatic carbocycles. The first-order valence-electron chi connectivity index (χ1n) is 6.23. The molecule has 1 aromatic carbocycles. The van der Waals surface area contributed by atoms with Gasteiger partial charge in [-0.15, -0.1) is 0 Å². The summed E-state index contributed by atoms with van der Waals surface area (Å²) in [7, 11) is 1.98.